The largest absolute Gasteiger partial charge is 0.457 e. The van der Waals surface area contributed by atoms with E-state index in [0.29, 0.717) is 18.7 Å². The smallest absolute Gasteiger partial charge is 0.338 e. The van der Waals surface area contributed by atoms with Crippen LogP contribution in [0.15, 0.2) is 65.8 Å². The molecule has 0 spiro atoms. The molecule has 0 amide bonds. The Morgan fingerprint density at radius 3 is 2.48 bits per heavy atom. The third-order valence-corrected chi connectivity index (χ3v) is 7.35. The molecular weight excluding hydrogens is 414 g/mol. The first-order chi connectivity index (χ1) is 14.9. The fourth-order valence-corrected chi connectivity index (χ4v) is 5.17. The van der Waals surface area contributed by atoms with Gasteiger partial charge >= 0.3 is 5.97 Å². The second-order valence-electron chi connectivity index (χ2n) is 7.63. The van der Waals surface area contributed by atoms with Crippen molar-refractivity contribution >= 4 is 16.0 Å². The number of aromatic nitrogens is 2. The van der Waals surface area contributed by atoms with Gasteiger partial charge in [-0.05, 0) is 61.2 Å². The average Bonchev–Trinajstić information content (AvgIpc) is 3.33. The number of sulfonamides is 1. The summed E-state index contributed by atoms with van der Waals surface area (Å²) >= 11 is 0. The predicted octanol–water partition coefficient (Wildman–Crippen LogP) is 3.71. The van der Waals surface area contributed by atoms with Crippen LogP contribution in [0.25, 0.3) is 5.69 Å². The Morgan fingerprint density at radius 1 is 1.06 bits per heavy atom. The maximum absolute atomic E-state index is 12.9. The molecule has 0 unspecified atom stereocenters. The van der Waals surface area contributed by atoms with E-state index in [-0.39, 0.29) is 17.1 Å². The van der Waals surface area contributed by atoms with Crippen molar-refractivity contribution in [1.82, 2.24) is 14.1 Å². The molecule has 0 radical (unpaired) electrons. The van der Waals surface area contributed by atoms with E-state index >= 15 is 0 Å². The summed E-state index contributed by atoms with van der Waals surface area (Å²) in [5.74, 6) is -0.538. The van der Waals surface area contributed by atoms with Crippen molar-refractivity contribution in [3.05, 3.63) is 77.6 Å². The lowest BCUT2D eigenvalue weighted by Crippen LogP contribution is -2.35. The topological polar surface area (TPSA) is 81.5 Å². The summed E-state index contributed by atoms with van der Waals surface area (Å²) in [4.78, 5) is 12.8. The van der Waals surface area contributed by atoms with Gasteiger partial charge in [-0.15, -0.1) is 0 Å². The number of carbonyl (C=O) groups is 1. The molecule has 0 bridgehead atoms. The van der Waals surface area contributed by atoms with Crippen LogP contribution in [0.3, 0.4) is 0 Å². The molecule has 4 rings (SSSR count). The van der Waals surface area contributed by atoms with E-state index in [2.05, 4.69) is 5.10 Å². The third-order valence-electron chi connectivity index (χ3n) is 5.46. The fourth-order valence-electron chi connectivity index (χ4n) is 3.63. The molecule has 31 heavy (non-hydrogen) atoms. The van der Waals surface area contributed by atoms with Gasteiger partial charge in [0.1, 0.15) is 6.61 Å². The predicted molar refractivity (Wildman–Crippen MR) is 116 cm³/mol. The Hall–Kier alpha value is -2.97. The average molecular weight is 440 g/mol. The van der Waals surface area contributed by atoms with Gasteiger partial charge in [-0.3, -0.25) is 0 Å². The van der Waals surface area contributed by atoms with Gasteiger partial charge in [-0.1, -0.05) is 24.6 Å². The van der Waals surface area contributed by atoms with Crippen molar-refractivity contribution < 1.29 is 17.9 Å². The molecule has 3 aromatic rings. The minimum absolute atomic E-state index is 0.0980. The van der Waals surface area contributed by atoms with Crippen molar-refractivity contribution in [2.75, 3.05) is 13.1 Å². The van der Waals surface area contributed by atoms with Crippen molar-refractivity contribution in [1.29, 1.82) is 0 Å². The molecule has 1 fully saturated rings. The van der Waals surface area contributed by atoms with Gasteiger partial charge in [0, 0.05) is 25.5 Å². The lowest BCUT2D eigenvalue weighted by atomic mass is 10.1. The number of rotatable bonds is 6. The summed E-state index contributed by atoms with van der Waals surface area (Å²) in [6, 6.07) is 14.0. The number of piperidine rings is 1. The molecule has 1 aromatic heterocycles. The van der Waals surface area contributed by atoms with E-state index in [1.807, 2.05) is 36.5 Å². The van der Waals surface area contributed by atoms with E-state index in [9.17, 15) is 13.2 Å². The van der Waals surface area contributed by atoms with E-state index in [1.54, 1.807) is 29.9 Å². The maximum atomic E-state index is 12.9. The Bertz CT molecular complexity index is 1150. The monoisotopic (exact) mass is 439 g/mol. The third kappa shape index (κ3) is 4.70. The zero-order valence-corrected chi connectivity index (χ0v) is 18.2. The molecule has 0 aliphatic carbocycles. The number of aryl methyl sites for hydroxylation is 1. The summed E-state index contributed by atoms with van der Waals surface area (Å²) in [6.07, 6.45) is 6.32. The van der Waals surface area contributed by atoms with Gasteiger partial charge in [-0.25, -0.2) is 17.9 Å². The summed E-state index contributed by atoms with van der Waals surface area (Å²) in [7, 11) is -3.61. The molecule has 0 atom stereocenters. The van der Waals surface area contributed by atoms with E-state index in [1.165, 1.54) is 10.4 Å². The summed E-state index contributed by atoms with van der Waals surface area (Å²) in [5, 5.41) is 4.18. The van der Waals surface area contributed by atoms with Gasteiger partial charge in [0.2, 0.25) is 10.0 Å². The number of carbonyl (C=O) groups excluding carboxylic acids is 1. The van der Waals surface area contributed by atoms with Gasteiger partial charge < -0.3 is 4.74 Å². The number of hydrogen-bond donors (Lipinski definition) is 0. The number of esters is 1. The van der Waals surface area contributed by atoms with Crippen LogP contribution in [0.1, 0.15) is 40.7 Å². The molecule has 8 heteroatoms. The molecule has 2 heterocycles. The van der Waals surface area contributed by atoms with Crippen molar-refractivity contribution in [3.8, 4) is 5.69 Å². The summed E-state index contributed by atoms with van der Waals surface area (Å²) in [5.41, 5.74) is 2.69. The second-order valence-corrected chi connectivity index (χ2v) is 9.57. The second kappa shape index (κ2) is 9.03. The summed E-state index contributed by atoms with van der Waals surface area (Å²) in [6.45, 7) is 2.91. The van der Waals surface area contributed by atoms with Crippen molar-refractivity contribution in [3.63, 3.8) is 0 Å². The molecule has 7 nitrogen and oxygen atoms in total. The first kappa shape index (κ1) is 21.3. The first-order valence-electron chi connectivity index (χ1n) is 10.3. The van der Waals surface area contributed by atoms with Crippen LogP contribution >= 0.6 is 0 Å². The Kier molecular flexibility index (Phi) is 6.20. The molecular formula is C23H25N3O4S. The van der Waals surface area contributed by atoms with E-state index in [4.69, 9.17) is 4.74 Å². The number of hydrogen-bond acceptors (Lipinski definition) is 5. The minimum Gasteiger partial charge on any atom is -0.457 e. The lowest BCUT2D eigenvalue weighted by molar-refractivity contribution is 0.0471. The highest BCUT2D eigenvalue weighted by molar-refractivity contribution is 7.89. The normalized spacial score (nSPS) is 15.0. The molecule has 162 valence electrons. The van der Waals surface area contributed by atoms with Crippen LogP contribution in [0.4, 0.5) is 0 Å². The lowest BCUT2D eigenvalue weighted by Gasteiger charge is -2.26. The molecule has 1 saturated heterocycles. The Morgan fingerprint density at radius 2 is 1.81 bits per heavy atom. The zero-order chi connectivity index (χ0) is 21.8. The number of ether oxygens (including phenoxy) is 1. The highest BCUT2D eigenvalue weighted by Gasteiger charge is 2.27. The molecule has 0 N–H and O–H groups in total. The standard InChI is InChI=1S/C23H25N3O4S/c1-18-6-11-21(31(28,29)25-13-3-2-4-14-25)16-22(18)23(27)30-17-19-7-9-20(10-8-19)26-15-5-12-24-26/h5-12,15-16H,2-4,13-14,17H2,1H3. The van der Waals surface area contributed by atoms with Crippen LogP contribution in [0.2, 0.25) is 0 Å². The van der Waals surface area contributed by atoms with Crippen LogP contribution < -0.4 is 0 Å². The quantitative estimate of drug-likeness (QED) is 0.547. The number of nitrogens with zero attached hydrogens (tertiary/aromatic N) is 3. The molecule has 1 aliphatic heterocycles. The number of benzene rings is 2. The van der Waals surface area contributed by atoms with Gasteiger partial charge in [0.15, 0.2) is 0 Å². The fraction of sp³-hybridized carbons (Fsp3) is 0.304. The van der Waals surface area contributed by atoms with E-state index < -0.39 is 16.0 Å². The van der Waals surface area contributed by atoms with Crippen LogP contribution in [0, 0.1) is 6.92 Å². The Labute approximate surface area is 182 Å². The van der Waals surface area contributed by atoms with Crippen molar-refractivity contribution in [2.24, 2.45) is 0 Å². The summed E-state index contributed by atoms with van der Waals surface area (Å²) < 4.78 is 34.6. The van der Waals surface area contributed by atoms with Gasteiger partial charge in [0.05, 0.1) is 16.1 Å². The molecule has 0 saturated carbocycles. The van der Waals surface area contributed by atoms with Crippen molar-refractivity contribution in [2.45, 2.75) is 37.7 Å². The van der Waals surface area contributed by atoms with E-state index in [0.717, 1.165) is 30.5 Å². The van der Waals surface area contributed by atoms with Crippen LogP contribution in [-0.2, 0) is 21.4 Å². The minimum atomic E-state index is -3.61. The van der Waals surface area contributed by atoms with Gasteiger partial charge in [0.25, 0.3) is 0 Å². The SMILES string of the molecule is Cc1ccc(S(=O)(=O)N2CCCCC2)cc1C(=O)OCc1ccc(-n2cccn2)cc1. The first-order valence-corrected chi connectivity index (χ1v) is 11.8. The van der Waals surface area contributed by atoms with Crippen LogP contribution in [-0.4, -0.2) is 41.6 Å². The highest BCUT2D eigenvalue weighted by atomic mass is 32.2. The molecule has 2 aromatic carbocycles. The van der Waals surface area contributed by atoms with Crippen LogP contribution in [0.5, 0.6) is 0 Å². The maximum Gasteiger partial charge on any atom is 0.338 e. The Balaban J connectivity index is 1.46. The zero-order valence-electron chi connectivity index (χ0n) is 17.4. The highest BCUT2D eigenvalue weighted by Crippen LogP contribution is 2.23. The molecule has 1 aliphatic rings. The van der Waals surface area contributed by atoms with Gasteiger partial charge in [-0.2, -0.15) is 9.40 Å².